The Morgan fingerprint density at radius 1 is 1.00 bits per heavy atom. The van der Waals surface area contributed by atoms with Crippen molar-refractivity contribution in [3.05, 3.63) is 36.0 Å². The molecule has 0 saturated carbocycles. The Labute approximate surface area is 215 Å². The first-order valence-corrected chi connectivity index (χ1v) is 13.4. The van der Waals surface area contributed by atoms with Gasteiger partial charge in [-0.15, -0.1) is 0 Å². The van der Waals surface area contributed by atoms with E-state index in [2.05, 4.69) is 20.9 Å². The molecule has 0 aliphatic rings. The Morgan fingerprint density at radius 3 is 2.28 bits per heavy atom. The van der Waals surface area contributed by atoms with E-state index in [1.807, 2.05) is 50.6 Å². The molecule has 2 aromatic rings. The summed E-state index contributed by atoms with van der Waals surface area (Å²) < 4.78 is 0. The van der Waals surface area contributed by atoms with Gasteiger partial charge in [-0.1, -0.05) is 32.0 Å². The lowest BCUT2D eigenvalue weighted by atomic mass is 10.0. The molecule has 0 fully saturated rings. The molecular formula is C25H37N5O5S. The minimum Gasteiger partial charge on any atom is -0.480 e. The first-order chi connectivity index (χ1) is 17.0. The van der Waals surface area contributed by atoms with Crippen molar-refractivity contribution in [2.24, 2.45) is 11.7 Å². The molecule has 11 heteroatoms. The Morgan fingerprint density at radius 2 is 1.64 bits per heavy atom. The lowest BCUT2D eigenvalue weighted by Gasteiger charge is -2.25. The summed E-state index contributed by atoms with van der Waals surface area (Å²) in [6.07, 6.45) is 4.64. The van der Waals surface area contributed by atoms with Gasteiger partial charge in [0.05, 0.1) is 6.04 Å². The summed E-state index contributed by atoms with van der Waals surface area (Å²) in [5.41, 5.74) is 8.05. The van der Waals surface area contributed by atoms with Crippen molar-refractivity contribution in [3.63, 3.8) is 0 Å². The minimum absolute atomic E-state index is 0.0800. The number of carboxylic acid groups (broad SMARTS) is 1. The van der Waals surface area contributed by atoms with Gasteiger partial charge in [0.1, 0.15) is 18.1 Å². The van der Waals surface area contributed by atoms with Crippen LogP contribution in [0.5, 0.6) is 0 Å². The maximum absolute atomic E-state index is 13.2. The maximum Gasteiger partial charge on any atom is 0.325 e. The zero-order chi connectivity index (χ0) is 26.8. The van der Waals surface area contributed by atoms with E-state index in [0.29, 0.717) is 18.6 Å². The van der Waals surface area contributed by atoms with Gasteiger partial charge in [0, 0.05) is 17.1 Å². The zero-order valence-corrected chi connectivity index (χ0v) is 22.0. The molecule has 4 atom stereocenters. The van der Waals surface area contributed by atoms with Gasteiger partial charge >= 0.3 is 5.97 Å². The molecule has 10 nitrogen and oxygen atoms in total. The zero-order valence-electron chi connectivity index (χ0n) is 21.2. The molecule has 7 N–H and O–H groups in total. The lowest BCUT2D eigenvalue weighted by molar-refractivity contribution is -0.141. The number of benzene rings is 1. The van der Waals surface area contributed by atoms with E-state index < -0.39 is 47.9 Å². The Bertz CT molecular complexity index is 1060. The van der Waals surface area contributed by atoms with Gasteiger partial charge in [0.25, 0.3) is 0 Å². The lowest BCUT2D eigenvalue weighted by Crippen LogP contribution is -2.57. The van der Waals surface area contributed by atoms with E-state index in [1.165, 1.54) is 18.7 Å². The fraction of sp³-hybridized carbons (Fsp3) is 0.520. The number of aliphatic carboxylic acids is 1. The number of amides is 3. The molecule has 198 valence electrons. The number of nitrogens with two attached hydrogens (primary N) is 1. The number of nitrogens with one attached hydrogen (secondary N) is 4. The van der Waals surface area contributed by atoms with E-state index in [4.69, 9.17) is 10.8 Å². The van der Waals surface area contributed by atoms with Crippen LogP contribution in [0, 0.1) is 5.92 Å². The smallest absolute Gasteiger partial charge is 0.325 e. The molecule has 1 aromatic heterocycles. The Balaban J connectivity index is 2.09. The standard InChI is InChI=1S/C25H37N5O5S/c1-14(2)11-21(24(33)29-20(9-10-36-4)23(32)28-15(3)25(34)35)30-22(31)18(26)12-16-13-27-19-8-6-5-7-17(16)19/h5-8,13-15,18,20-21,27H,9-12,26H2,1-4H3,(H,28,32)(H,29,33)(H,30,31)(H,34,35). The third-order valence-corrected chi connectivity index (χ3v) is 6.41. The van der Waals surface area contributed by atoms with Gasteiger partial charge in [-0.25, -0.2) is 0 Å². The number of aromatic nitrogens is 1. The number of fused-ring (bicyclic) bond motifs is 1. The molecule has 3 amide bonds. The highest BCUT2D eigenvalue weighted by molar-refractivity contribution is 7.98. The van der Waals surface area contributed by atoms with Crippen LogP contribution in [0.4, 0.5) is 0 Å². The fourth-order valence-electron chi connectivity index (χ4n) is 3.76. The van der Waals surface area contributed by atoms with Gasteiger partial charge < -0.3 is 31.8 Å². The molecule has 0 radical (unpaired) electrons. The molecule has 36 heavy (non-hydrogen) atoms. The fourth-order valence-corrected chi connectivity index (χ4v) is 4.24. The van der Waals surface area contributed by atoms with Crippen LogP contribution in [0.2, 0.25) is 0 Å². The number of H-pyrrole nitrogens is 1. The monoisotopic (exact) mass is 519 g/mol. The molecule has 0 spiro atoms. The van der Waals surface area contributed by atoms with Crippen LogP contribution >= 0.6 is 11.8 Å². The highest BCUT2D eigenvalue weighted by atomic mass is 32.2. The maximum atomic E-state index is 13.2. The highest BCUT2D eigenvalue weighted by Gasteiger charge is 2.29. The summed E-state index contributed by atoms with van der Waals surface area (Å²) in [5.74, 6) is -2.08. The molecule has 0 aliphatic carbocycles. The summed E-state index contributed by atoms with van der Waals surface area (Å²) in [4.78, 5) is 53.0. The summed E-state index contributed by atoms with van der Waals surface area (Å²) in [5, 5.41) is 17.9. The van der Waals surface area contributed by atoms with Crippen LogP contribution in [0.25, 0.3) is 10.9 Å². The van der Waals surface area contributed by atoms with Gasteiger partial charge in [0.2, 0.25) is 17.7 Å². The largest absolute Gasteiger partial charge is 0.480 e. The SMILES string of the molecule is CSCCC(NC(=O)C(CC(C)C)NC(=O)C(N)Cc1c[nH]c2ccccc12)C(=O)NC(C)C(=O)O. The third kappa shape index (κ3) is 8.56. The predicted octanol–water partition coefficient (Wildman–Crippen LogP) is 1.40. The Kier molecular flexibility index (Phi) is 11.3. The van der Waals surface area contributed by atoms with Crippen molar-refractivity contribution < 1.29 is 24.3 Å². The van der Waals surface area contributed by atoms with Crippen molar-refractivity contribution >= 4 is 46.4 Å². The number of hydrogen-bond donors (Lipinski definition) is 6. The van der Waals surface area contributed by atoms with Crippen LogP contribution in [0.3, 0.4) is 0 Å². The number of aromatic amines is 1. The molecule has 4 unspecified atom stereocenters. The van der Waals surface area contributed by atoms with Crippen LogP contribution < -0.4 is 21.7 Å². The second-order valence-electron chi connectivity index (χ2n) is 9.27. The summed E-state index contributed by atoms with van der Waals surface area (Å²) >= 11 is 1.50. The molecular weight excluding hydrogens is 482 g/mol. The third-order valence-electron chi connectivity index (χ3n) is 5.76. The van der Waals surface area contributed by atoms with Crippen molar-refractivity contribution in [2.75, 3.05) is 12.0 Å². The average molecular weight is 520 g/mol. The molecule has 1 heterocycles. The summed E-state index contributed by atoms with van der Waals surface area (Å²) in [7, 11) is 0. The predicted molar refractivity (Wildman–Crippen MR) is 142 cm³/mol. The first kappa shape index (κ1) is 29.2. The van der Waals surface area contributed by atoms with E-state index in [9.17, 15) is 19.2 Å². The van der Waals surface area contributed by atoms with Gasteiger partial charge in [-0.05, 0) is 55.7 Å². The van der Waals surface area contributed by atoms with Crippen molar-refractivity contribution in [3.8, 4) is 0 Å². The number of carbonyl (C=O) groups is 4. The highest BCUT2D eigenvalue weighted by Crippen LogP contribution is 2.19. The molecule has 2 rings (SSSR count). The van der Waals surface area contributed by atoms with Crippen molar-refractivity contribution in [2.45, 2.75) is 64.2 Å². The van der Waals surface area contributed by atoms with Crippen molar-refractivity contribution in [1.82, 2.24) is 20.9 Å². The number of thioether (sulfide) groups is 1. The van der Waals surface area contributed by atoms with Gasteiger partial charge in [-0.2, -0.15) is 11.8 Å². The second-order valence-corrected chi connectivity index (χ2v) is 10.3. The van der Waals surface area contributed by atoms with Crippen LogP contribution in [0.15, 0.2) is 30.5 Å². The summed E-state index contributed by atoms with van der Waals surface area (Å²) in [6, 6.07) is 3.92. The quantitative estimate of drug-likeness (QED) is 0.219. The second kappa shape index (κ2) is 13.9. The van der Waals surface area contributed by atoms with E-state index >= 15 is 0 Å². The number of carbonyl (C=O) groups excluding carboxylic acids is 3. The molecule has 1 aromatic carbocycles. The summed E-state index contributed by atoms with van der Waals surface area (Å²) in [6.45, 7) is 5.19. The van der Waals surface area contributed by atoms with Crippen LogP contribution in [-0.2, 0) is 25.6 Å². The van der Waals surface area contributed by atoms with E-state index in [0.717, 1.165) is 16.5 Å². The topological polar surface area (TPSA) is 166 Å². The van der Waals surface area contributed by atoms with E-state index in [-0.39, 0.29) is 12.3 Å². The number of rotatable bonds is 14. The molecule has 0 aliphatic heterocycles. The number of para-hydroxylation sites is 1. The van der Waals surface area contributed by atoms with Crippen LogP contribution in [0.1, 0.15) is 39.2 Å². The molecule has 0 bridgehead atoms. The van der Waals surface area contributed by atoms with Gasteiger partial charge in [-0.3, -0.25) is 19.2 Å². The van der Waals surface area contributed by atoms with Crippen LogP contribution in [-0.4, -0.2) is 70.0 Å². The number of hydrogen-bond acceptors (Lipinski definition) is 6. The van der Waals surface area contributed by atoms with E-state index in [1.54, 1.807) is 0 Å². The Hall–Kier alpha value is -3.05. The van der Waals surface area contributed by atoms with Crippen molar-refractivity contribution in [1.29, 1.82) is 0 Å². The molecule has 0 saturated heterocycles. The minimum atomic E-state index is -1.17. The van der Waals surface area contributed by atoms with Gasteiger partial charge in [0.15, 0.2) is 0 Å². The average Bonchev–Trinajstić information content (AvgIpc) is 3.23. The number of carboxylic acids is 1. The first-order valence-electron chi connectivity index (χ1n) is 12.0. The normalized spacial score (nSPS) is 14.6.